The Morgan fingerprint density at radius 1 is 1.38 bits per heavy atom. The van der Waals surface area contributed by atoms with Gasteiger partial charge >= 0.3 is 0 Å². The van der Waals surface area contributed by atoms with E-state index >= 15 is 0 Å². The van der Waals surface area contributed by atoms with E-state index in [0.717, 1.165) is 17.4 Å². The first-order valence-electron chi connectivity index (χ1n) is 8.03. The van der Waals surface area contributed by atoms with Gasteiger partial charge in [-0.25, -0.2) is 4.98 Å². The molecule has 0 saturated carbocycles. The van der Waals surface area contributed by atoms with Crippen LogP contribution in [0.3, 0.4) is 0 Å². The van der Waals surface area contributed by atoms with Crippen LogP contribution in [0.15, 0.2) is 5.38 Å². The number of aromatic nitrogens is 1. The molecular weight excluding hydrogens is 280 g/mol. The Balaban J connectivity index is 1.88. The Labute approximate surface area is 133 Å². The minimum atomic E-state index is 0.142. The van der Waals surface area contributed by atoms with Crippen LogP contribution in [0.2, 0.25) is 0 Å². The van der Waals surface area contributed by atoms with Crippen molar-refractivity contribution in [1.82, 2.24) is 15.2 Å². The molecule has 5 heteroatoms. The molecule has 21 heavy (non-hydrogen) atoms. The molecule has 1 aliphatic heterocycles. The lowest BCUT2D eigenvalue weighted by molar-refractivity contribution is 0.221. The van der Waals surface area contributed by atoms with Crippen molar-refractivity contribution in [3.63, 3.8) is 0 Å². The molecule has 2 heterocycles. The smallest absolute Gasteiger partial charge is 0.185 e. The van der Waals surface area contributed by atoms with Gasteiger partial charge in [-0.15, -0.1) is 11.3 Å². The van der Waals surface area contributed by atoms with Crippen molar-refractivity contribution in [3.8, 4) is 0 Å². The zero-order valence-electron chi connectivity index (χ0n) is 14.1. The molecule has 0 atom stereocenters. The van der Waals surface area contributed by atoms with Gasteiger partial charge in [-0.3, -0.25) is 0 Å². The number of rotatable bonds is 5. The second-order valence-electron chi connectivity index (χ2n) is 7.00. The van der Waals surface area contributed by atoms with Crippen LogP contribution in [0.5, 0.6) is 0 Å². The van der Waals surface area contributed by atoms with E-state index in [9.17, 15) is 0 Å². The molecule has 0 spiro atoms. The summed E-state index contributed by atoms with van der Waals surface area (Å²) >= 11 is 1.77. The molecule has 4 nitrogen and oxygen atoms in total. The number of piperidine rings is 1. The summed E-state index contributed by atoms with van der Waals surface area (Å²) in [6, 6.07) is 0.641. The molecule has 0 bridgehead atoms. The van der Waals surface area contributed by atoms with Crippen LogP contribution in [0, 0.1) is 0 Å². The number of thiazole rings is 1. The van der Waals surface area contributed by atoms with Gasteiger partial charge in [0.1, 0.15) is 0 Å². The second kappa shape index (κ2) is 7.07. The number of nitrogens with zero attached hydrogens (tertiary/aromatic N) is 3. The SMILES string of the molecule is CCN1CCC(N(C)c2nc(CNC(C)(C)C)cs2)CC1. The fraction of sp³-hybridized carbons (Fsp3) is 0.812. The first-order chi connectivity index (χ1) is 9.89. The second-order valence-corrected chi connectivity index (χ2v) is 7.84. The van der Waals surface area contributed by atoms with Gasteiger partial charge in [-0.2, -0.15) is 0 Å². The van der Waals surface area contributed by atoms with Crippen molar-refractivity contribution in [2.24, 2.45) is 0 Å². The molecule has 0 unspecified atom stereocenters. The summed E-state index contributed by atoms with van der Waals surface area (Å²) in [5.41, 5.74) is 1.30. The molecule has 0 radical (unpaired) electrons. The molecule has 1 fully saturated rings. The summed E-state index contributed by atoms with van der Waals surface area (Å²) in [6.45, 7) is 13.3. The van der Waals surface area contributed by atoms with E-state index < -0.39 is 0 Å². The van der Waals surface area contributed by atoms with Gasteiger partial charge in [0, 0.05) is 43.6 Å². The lowest BCUT2D eigenvalue weighted by Crippen LogP contribution is -2.43. The molecule has 0 aliphatic carbocycles. The molecular formula is C16H30N4S. The topological polar surface area (TPSA) is 31.4 Å². The zero-order chi connectivity index (χ0) is 15.5. The van der Waals surface area contributed by atoms with Gasteiger partial charge in [0.15, 0.2) is 5.13 Å². The van der Waals surface area contributed by atoms with Crippen LogP contribution in [0.25, 0.3) is 0 Å². The summed E-state index contributed by atoms with van der Waals surface area (Å²) in [4.78, 5) is 9.72. The van der Waals surface area contributed by atoms with Gasteiger partial charge in [0.05, 0.1) is 5.69 Å². The van der Waals surface area contributed by atoms with Crippen LogP contribution >= 0.6 is 11.3 Å². The van der Waals surface area contributed by atoms with Gasteiger partial charge in [-0.1, -0.05) is 6.92 Å². The minimum absolute atomic E-state index is 0.142. The van der Waals surface area contributed by atoms with Crippen molar-refractivity contribution in [1.29, 1.82) is 0 Å². The average Bonchev–Trinajstić information content (AvgIpc) is 2.93. The molecule has 0 aromatic carbocycles. The Hall–Kier alpha value is -0.650. The number of nitrogens with one attached hydrogen (secondary N) is 1. The quantitative estimate of drug-likeness (QED) is 0.906. The number of hydrogen-bond acceptors (Lipinski definition) is 5. The molecule has 1 aliphatic rings. The monoisotopic (exact) mass is 310 g/mol. The van der Waals surface area contributed by atoms with E-state index in [1.807, 2.05) is 0 Å². The van der Waals surface area contributed by atoms with E-state index in [2.05, 4.69) is 55.2 Å². The zero-order valence-corrected chi connectivity index (χ0v) is 15.0. The van der Waals surface area contributed by atoms with Gasteiger partial charge in [-0.05, 0) is 40.2 Å². The molecule has 0 amide bonds. The summed E-state index contributed by atoms with van der Waals surface area (Å²) in [7, 11) is 2.20. The maximum absolute atomic E-state index is 4.80. The number of likely N-dealkylation sites (tertiary alicyclic amines) is 1. The summed E-state index contributed by atoms with van der Waals surface area (Å²) in [6.07, 6.45) is 2.50. The molecule has 1 saturated heterocycles. The molecule has 1 aromatic heterocycles. The molecule has 1 aromatic rings. The van der Waals surface area contributed by atoms with E-state index in [1.54, 1.807) is 11.3 Å². The Bertz CT molecular complexity index is 430. The standard InChI is InChI=1S/C16H30N4S/c1-6-20-9-7-14(8-10-20)19(5)15-18-13(12-21-15)11-17-16(2,3)4/h12,14,17H,6-11H2,1-5H3. The van der Waals surface area contributed by atoms with Crippen molar-refractivity contribution in [3.05, 3.63) is 11.1 Å². The summed E-state index contributed by atoms with van der Waals surface area (Å²) in [5, 5.41) is 6.85. The molecule has 2 rings (SSSR count). The van der Waals surface area contributed by atoms with Gasteiger partial charge < -0.3 is 15.1 Å². The third-order valence-corrected chi connectivity index (χ3v) is 5.17. The highest BCUT2D eigenvalue weighted by atomic mass is 32.1. The van der Waals surface area contributed by atoms with E-state index in [1.165, 1.54) is 32.5 Å². The number of hydrogen-bond donors (Lipinski definition) is 1. The van der Waals surface area contributed by atoms with Crippen molar-refractivity contribution in [2.45, 2.75) is 58.7 Å². The van der Waals surface area contributed by atoms with Crippen LogP contribution in [-0.2, 0) is 6.54 Å². The van der Waals surface area contributed by atoms with Crippen molar-refractivity contribution < 1.29 is 0 Å². The van der Waals surface area contributed by atoms with Crippen LogP contribution in [0.4, 0.5) is 5.13 Å². The Morgan fingerprint density at radius 2 is 2.05 bits per heavy atom. The maximum Gasteiger partial charge on any atom is 0.185 e. The third-order valence-electron chi connectivity index (χ3n) is 4.19. The lowest BCUT2D eigenvalue weighted by atomic mass is 10.0. The number of anilines is 1. The van der Waals surface area contributed by atoms with E-state index in [-0.39, 0.29) is 5.54 Å². The first kappa shape index (κ1) is 16.7. The third kappa shape index (κ3) is 4.94. The van der Waals surface area contributed by atoms with E-state index in [0.29, 0.717) is 6.04 Å². The summed E-state index contributed by atoms with van der Waals surface area (Å²) < 4.78 is 0. The fourth-order valence-corrected chi connectivity index (χ4v) is 3.54. The predicted molar refractivity (Wildman–Crippen MR) is 92.2 cm³/mol. The van der Waals surface area contributed by atoms with Crippen LogP contribution in [0.1, 0.15) is 46.2 Å². The van der Waals surface area contributed by atoms with Crippen molar-refractivity contribution >= 4 is 16.5 Å². The normalized spacial score (nSPS) is 18.1. The maximum atomic E-state index is 4.80. The van der Waals surface area contributed by atoms with Crippen LogP contribution in [-0.4, -0.2) is 48.1 Å². The fourth-order valence-electron chi connectivity index (χ4n) is 2.67. The summed E-state index contributed by atoms with van der Waals surface area (Å²) in [5.74, 6) is 0. The highest BCUT2D eigenvalue weighted by molar-refractivity contribution is 7.13. The molecule has 120 valence electrons. The average molecular weight is 311 g/mol. The minimum Gasteiger partial charge on any atom is -0.348 e. The largest absolute Gasteiger partial charge is 0.348 e. The lowest BCUT2D eigenvalue weighted by Gasteiger charge is -2.36. The Kier molecular flexibility index (Phi) is 5.63. The first-order valence-corrected chi connectivity index (χ1v) is 8.91. The van der Waals surface area contributed by atoms with Crippen LogP contribution < -0.4 is 10.2 Å². The highest BCUT2D eigenvalue weighted by Gasteiger charge is 2.23. The van der Waals surface area contributed by atoms with E-state index in [4.69, 9.17) is 4.98 Å². The highest BCUT2D eigenvalue weighted by Crippen LogP contribution is 2.25. The predicted octanol–water partition coefficient (Wildman–Crippen LogP) is 2.95. The van der Waals surface area contributed by atoms with Gasteiger partial charge in [0.2, 0.25) is 0 Å². The Morgan fingerprint density at radius 3 is 2.62 bits per heavy atom. The van der Waals surface area contributed by atoms with Crippen molar-refractivity contribution in [2.75, 3.05) is 31.6 Å². The van der Waals surface area contributed by atoms with Gasteiger partial charge in [0.25, 0.3) is 0 Å². The molecule has 1 N–H and O–H groups in total.